The van der Waals surface area contributed by atoms with Crippen molar-refractivity contribution >= 4 is 17.3 Å². The number of carbonyl (C=O) groups is 1. The van der Waals surface area contributed by atoms with Crippen LogP contribution in [-0.4, -0.2) is 37.6 Å². The van der Waals surface area contributed by atoms with Gasteiger partial charge in [-0.1, -0.05) is 0 Å². The number of nitrogens with zero attached hydrogens (tertiary/aromatic N) is 2. The number of amides is 1. The summed E-state index contributed by atoms with van der Waals surface area (Å²) in [5.41, 5.74) is 0.662. The number of nitrogens with one attached hydrogen (secondary N) is 1. The first kappa shape index (κ1) is 12.2. The van der Waals surface area contributed by atoms with Gasteiger partial charge in [-0.25, -0.2) is 0 Å². The van der Waals surface area contributed by atoms with E-state index < -0.39 is 4.92 Å². The van der Waals surface area contributed by atoms with Gasteiger partial charge in [-0.15, -0.1) is 0 Å². The number of benzene rings is 1. The van der Waals surface area contributed by atoms with Crippen LogP contribution in [0.4, 0.5) is 11.4 Å². The molecule has 0 spiro atoms. The van der Waals surface area contributed by atoms with Gasteiger partial charge in [0, 0.05) is 19.2 Å². The number of hydrogen-bond donors (Lipinski definition) is 1. The van der Waals surface area contributed by atoms with E-state index in [4.69, 9.17) is 4.74 Å². The maximum absolute atomic E-state index is 11.3. The van der Waals surface area contributed by atoms with Crippen LogP contribution >= 0.6 is 0 Å². The van der Waals surface area contributed by atoms with E-state index in [0.29, 0.717) is 24.5 Å². The summed E-state index contributed by atoms with van der Waals surface area (Å²) in [7, 11) is 1.45. The van der Waals surface area contributed by atoms with Gasteiger partial charge in [0.2, 0.25) is 5.91 Å². The number of nitro groups is 1. The molecule has 0 radical (unpaired) electrons. The van der Waals surface area contributed by atoms with Gasteiger partial charge in [0.1, 0.15) is 5.75 Å². The zero-order chi connectivity index (χ0) is 13.1. The Morgan fingerprint density at radius 3 is 2.89 bits per heavy atom. The summed E-state index contributed by atoms with van der Waals surface area (Å²) in [5, 5.41) is 13.4. The lowest BCUT2D eigenvalue weighted by molar-refractivity contribution is -0.384. The second-order valence-electron chi connectivity index (χ2n) is 3.88. The van der Waals surface area contributed by atoms with Crippen LogP contribution in [0, 0.1) is 10.1 Å². The van der Waals surface area contributed by atoms with E-state index in [2.05, 4.69) is 5.32 Å². The third-order valence-corrected chi connectivity index (χ3v) is 2.75. The smallest absolute Gasteiger partial charge is 0.273 e. The SMILES string of the molecule is COc1cc([N+](=O)[O-])ccc1N1CCNC(=O)C1. The van der Waals surface area contributed by atoms with Crippen molar-refractivity contribution in [2.75, 3.05) is 31.6 Å². The highest BCUT2D eigenvalue weighted by atomic mass is 16.6. The zero-order valence-electron chi connectivity index (χ0n) is 9.88. The summed E-state index contributed by atoms with van der Waals surface area (Å²) in [5.74, 6) is 0.334. The monoisotopic (exact) mass is 251 g/mol. The van der Waals surface area contributed by atoms with E-state index in [-0.39, 0.29) is 18.1 Å². The molecule has 96 valence electrons. The van der Waals surface area contributed by atoms with Gasteiger partial charge in [-0.05, 0) is 6.07 Å². The normalized spacial score (nSPS) is 15.2. The van der Waals surface area contributed by atoms with Crippen LogP contribution in [0.2, 0.25) is 0 Å². The van der Waals surface area contributed by atoms with Crippen LogP contribution in [-0.2, 0) is 4.79 Å². The minimum atomic E-state index is -0.477. The summed E-state index contributed by atoms with van der Waals surface area (Å²) >= 11 is 0. The van der Waals surface area contributed by atoms with Crippen LogP contribution in [0.15, 0.2) is 18.2 Å². The second kappa shape index (κ2) is 4.91. The Labute approximate surface area is 103 Å². The maximum atomic E-state index is 11.3. The number of ether oxygens (including phenoxy) is 1. The summed E-state index contributed by atoms with van der Waals surface area (Å²) in [6.45, 7) is 1.44. The minimum absolute atomic E-state index is 0.0305. The molecule has 1 amide bonds. The second-order valence-corrected chi connectivity index (χ2v) is 3.88. The molecule has 0 saturated carbocycles. The van der Waals surface area contributed by atoms with Crippen LogP contribution in [0.3, 0.4) is 0 Å². The van der Waals surface area contributed by atoms with Crippen molar-refractivity contribution in [3.05, 3.63) is 28.3 Å². The Hall–Kier alpha value is -2.31. The van der Waals surface area contributed by atoms with Crippen molar-refractivity contribution in [1.82, 2.24) is 5.32 Å². The summed E-state index contributed by atoms with van der Waals surface area (Å²) < 4.78 is 5.15. The lowest BCUT2D eigenvalue weighted by Gasteiger charge is -2.29. The van der Waals surface area contributed by atoms with E-state index in [1.807, 2.05) is 4.90 Å². The molecular formula is C11H13N3O4. The van der Waals surface area contributed by atoms with Gasteiger partial charge in [0.05, 0.1) is 30.3 Å². The molecular weight excluding hydrogens is 238 g/mol. The van der Waals surface area contributed by atoms with Gasteiger partial charge in [0.25, 0.3) is 5.69 Å². The van der Waals surface area contributed by atoms with Crippen LogP contribution in [0.1, 0.15) is 0 Å². The average Bonchev–Trinajstić information content (AvgIpc) is 2.37. The molecule has 1 aliphatic heterocycles. The molecule has 1 aromatic carbocycles. The Morgan fingerprint density at radius 1 is 1.50 bits per heavy atom. The third-order valence-electron chi connectivity index (χ3n) is 2.75. The fourth-order valence-electron chi connectivity index (χ4n) is 1.89. The van der Waals surface area contributed by atoms with Crippen molar-refractivity contribution in [3.8, 4) is 5.75 Å². The van der Waals surface area contributed by atoms with Gasteiger partial charge in [-0.2, -0.15) is 0 Å². The number of hydrogen-bond acceptors (Lipinski definition) is 5. The van der Waals surface area contributed by atoms with E-state index in [0.717, 1.165) is 0 Å². The lowest BCUT2D eigenvalue weighted by atomic mass is 10.2. The first-order chi connectivity index (χ1) is 8.61. The molecule has 1 fully saturated rings. The summed E-state index contributed by atoms with van der Waals surface area (Å²) in [6.07, 6.45) is 0. The fourth-order valence-corrected chi connectivity index (χ4v) is 1.89. The molecule has 7 heteroatoms. The minimum Gasteiger partial charge on any atom is -0.494 e. The Balaban J connectivity index is 2.32. The molecule has 0 aliphatic carbocycles. The maximum Gasteiger partial charge on any atom is 0.273 e. The molecule has 2 rings (SSSR count). The first-order valence-electron chi connectivity index (χ1n) is 5.46. The van der Waals surface area contributed by atoms with E-state index in [1.54, 1.807) is 6.07 Å². The first-order valence-corrected chi connectivity index (χ1v) is 5.46. The Kier molecular flexibility index (Phi) is 3.31. The number of methoxy groups -OCH3 is 1. The van der Waals surface area contributed by atoms with Crippen molar-refractivity contribution < 1.29 is 14.5 Å². The van der Waals surface area contributed by atoms with Gasteiger partial charge in [0.15, 0.2) is 0 Å². The van der Waals surface area contributed by atoms with E-state index in [9.17, 15) is 14.9 Å². The van der Waals surface area contributed by atoms with Gasteiger partial charge in [-0.3, -0.25) is 14.9 Å². The van der Waals surface area contributed by atoms with Crippen molar-refractivity contribution in [1.29, 1.82) is 0 Å². The highest BCUT2D eigenvalue weighted by Crippen LogP contribution is 2.32. The quantitative estimate of drug-likeness (QED) is 0.626. The Bertz CT molecular complexity index is 489. The number of piperazine rings is 1. The zero-order valence-corrected chi connectivity index (χ0v) is 9.88. The molecule has 7 nitrogen and oxygen atoms in total. The standard InChI is InChI=1S/C11H13N3O4/c1-18-10-6-8(14(16)17)2-3-9(10)13-5-4-12-11(15)7-13/h2-3,6H,4-5,7H2,1H3,(H,12,15). The lowest BCUT2D eigenvalue weighted by Crippen LogP contribution is -2.47. The fraction of sp³-hybridized carbons (Fsp3) is 0.364. The molecule has 0 unspecified atom stereocenters. The predicted octanol–water partition coefficient (Wildman–Crippen LogP) is 0.540. The van der Waals surface area contributed by atoms with Crippen LogP contribution in [0.25, 0.3) is 0 Å². The molecule has 1 saturated heterocycles. The van der Waals surface area contributed by atoms with Crippen molar-refractivity contribution in [2.24, 2.45) is 0 Å². The largest absolute Gasteiger partial charge is 0.494 e. The highest BCUT2D eigenvalue weighted by Gasteiger charge is 2.21. The van der Waals surface area contributed by atoms with Gasteiger partial charge < -0.3 is 15.0 Å². The number of carbonyl (C=O) groups excluding carboxylic acids is 1. The van der Waals surface area contributed by atoms with Crippen LogP contribution < -0.4 is 15.0 Å². The highest BCUT2D eigenvalue weighted by molar-refractivity contribution is 5.83. The number of non-ortho nitro benzene ring substituents is 1. The molecule has 0 bridgehead atoms. The van der Waals surface area contributed by atoms with E-state index >= 15 is 0 Å². The Morgan fingerprint density at radius 2 is 2.28 bits per heavy atom. The molecule has 0 atom stereocenters. The molecule has 1 aromatic rings. The topological polar surface area (TPSA) is 84.7 Å². The average molecular weight is 251 g/mol. The number of nitro benzene ring substituents is 1. The predicted molar refractivity (Wildman–Crippen MR) is 64.9 cm³/mol. The van der Waals surface area contributed by atoms with Crippen molar-refractivity contribution in [2.45, 2.75) is 0 Å². The van der Waals surface area contributed by atoms with Crippen molar-refractivity contribution in [3.63, 3.8) is 0 Å². The summed E-state index contributed by atoms with van der Waals surface area (Å²) in [4.78, 5) is 23.4. The molecule has 0 aromatic heterocycles. The number of rotatable bonds is 3. The van der Waals surface area contributed by atoms with Gasteiger partial charge >= 0.3 is 0 Å². The number of anilines is 1. The molecule has 1 heterocycles. The summed E-state index contributed by atoms with van der Waals surface area (Å²) in [6, 6.07) is 4.38. The molecule has 1 aliphatic rings. The van der Waals surface area contributed by atoms with E-state index in [1.165, 1.54) is 19.2 Å². The van der Waals surface area contributed by atoms with Crippen LogP contribution in [0.5, 0.6) is 5.75 Å². The molecule has 18 heavy (non-hydrogen) atoms. The third kappa shape index (κ3) is 2.34. The molecule has 1 N–H and O–H groups in total.